The number of aliphatic hydroxyl groups is 2. The zero-order chi connectivity index (χ0) is 23.8. The second kappa shape index (κ2) is 11.9. The van der Waals surface area contributed by atoms with Crippen LogP contribution in [-0.2, 0) is 0 Å². The van der Waals surface area contributed by atoms with Gasteiger partial charge in [0.15, 0.2) is 0 Å². The van der Waals surface area contributed by atoms with E-state index in [9.17, 15) is 18.7 Å². The van der Waals surface area contributed by atoms with E-state index in [0.717, 1.165) is 31.2 Å². The van der Waals surface area contributed by atoms with Crippen LogP contribution in [0, 0.1) is 12.8 Å². The summed E-state index contributed by atoms with van der Waals surface area (Å²) < 4.78 is 35.6. The highest BCUT2D eigenvalue weighted by Gasteiger charge is 2.24. The van der Waals surface area contributed by atoms with Crippen molar-refractivity contribution in [3.05, 3.63) is 35.2 Å². The van der Waals surface area contributed by atoms with Crippen molar-refractivity contribution in [2.24, 2.45) is 5.92 Å². The second-order valence-electron chi connectivity index (χ2n) is 8.18. The fourth-order valence-electron chi connectivity index (χ4n) is 3.78. The Morgan fingerprint density at radius 2 is 2.12 bits per heavy atom. The van der Waals surface area contributed by atoms with Crippen LogP contribution in [0.25, 0.3) is 0 Å². The van der Waals surface area contributed by atoms with Crippen molar-refractivity contribution in [3.63, 3.8) is 0 Å². The number of amides is 1. The van der Waals surface area contributed by atoms with Crippen LogP contribution in [0.1, 0.15) is 53.9 Å². The normalized spacial score (nSPS) is 15.6. The SMILES string of the molecule is Cc1cc(OCCCC2CCN(c3noc(C(F)F)n3)CC2)ccc1C(=O)NC[C@H](O)CO. The van der Waals surface area contributed by atoms with Gasteiger partial charge in [0.2, 0.25) is 0 Å². The van der Waals surface area contributed by atoms with E-state index in [0.29, 0.717) is 36.9 Å². The van der Waals surface area contributed by atoms with Crippen molar-refractivity contribution in [1.29, 1.82) is 0 Å². The van der Waals surface area contributed by atoms with Gasteiger partial charge in [-0.25, -0.2) is 0 Å². The highest BCUT2D eigenvalue weighted by atomic mass is 19.3. The molecule has 1 amide bonds. The van der Waals surface area contributed by atoms with Gasteiger partial charge < -0.3 is 29.7 Å². The number of alkyl halides is 2. The van der Waals surface area contributed by atoms with Crippen LogP contribution >= 0.6 is 0 Å². The Hall–Kier alpha value is -2.79. The van der Waals surface area contributed by atoms with E-state index in [4.69, 9.17) is 9.84 Å². The molecule has 9 nitrogen and oxygen atoms in total. The number of aryl methyl sites for hydroxylation is 1. The molecule has 2 heterocycles. The number of carbonyl (C=O) groups is 1. The summed E-state index contributed by atoms with van der Waals surface area (Å²) in [6, 6.07) is 5.22. The van der Waals surface area contributed by atoms with E-state index >= 15 is 0 Å². The number of aliphatic hydroxyl groups excluding tert-OH is 2. The largest absolute Gasteiger partial charge is 0.494 e. The first-order valence-corrected chi connectivity index (χ1v) is 11.0. The van der Waals surface area contributed by atoms with Crippen molar-refractivity contribution in [2.75, 3.05) is 37.7 Å². The van der Waals surface area contributed by atoms with E-state index in [1.54, 1.807) is 18.2 Å². The highest BCUT2D eigenvalue weighted by molar-refractivity contribution is 5.95. The first kappa shape index (κ1) is 24.8. The lowest BCUT2D eigenvalue weighted by Crippen LogP contribution is -2.34. The predicted octanol–water partition coefficient (Wildman–Crippen LogP) is 2.47. The van der Waals surface area contributed by atoms with E-state index in [1.165, 1.54) is 0 Å². The van der Waals surface area contributed by atoms with Crippen LogP contribution in [0.4, 0.5) is 14.7 Å². The third kappa shape index (κ3) is 7.10. The number of nitrogens with one attached hydrogen (secondary N) is 1. The molecule has 0 aliphatic carbocycles. The van der Waals surface area contributed by atoms with Crippen molar-refractivity contribution in [1.82, 2.24) is 15.5 Å². The number of anilines is 1. The van der Waals surface area contributed by atoms with Crippen LogP contribution in [-0.4, -0.2) is 65.2 Å². The number of benzene rings is 1. The minimum absolute atomic E-state index is 0.0161. The Morgan fingerprint density at radius 1 is 1.36 bits per heavy atom. The number of rotatable bonds is 11. The van der Waals surface area contributed by atoms with Crippen LogP contribution in [0.2, 0.25) is 0 Å². The lowest BCUT2D eigenvalue weighted by molar-refractivity contribution is 0.0801. The number of hydrogen-bond acceptors (Lipinski definition) is 8. The van der Waals surface area contributed by atoms with Crippen LogP contribution < -0.4 is 15.0 Å². The molecule has 0 spiro atoms. The van der Waals surface area contributed by atoms with Gasteiger partial charge in [-0.15, -0.1) is 0 Å². The summed E-state index contributed by atoms with van der Waals surface area (Å²) in [5.74, 6) is 0.469. The standard InChI is InChI=1S/C22H30F2N4O5/c1-14-11-17(4-5-18(14)20(31)25-12-16(30)13-29)32-10-2-3-15-6-8-28(9-7-15)22-26-21(19(23)24)33-27-22/h4-5,11,15-16,19,29-30H,2-3,6-10,12-13H2,1H3,(H,25,31)/t16-/m0/s1. The molecule has 1 atom stereocenters. The Bertz CT molecular complexity index is 903. The molecule has 33 heavy (non-hydrogen) atoms. The minimum atomic E-state index is -2.76. The molecule has 11 heteroatoms. The van der Waals surface area contributed by atoms with Gasteiger partial charge in [-0.3, -0.25) is 4.79 Å². The zero-order valence-corrected chi connectivity index (χ0v) is 18.5. The van der Waals surface area contributed by atoms with Gasteiger partial charge in [0.1, 0.15) is 5.75 Å². The highest BCUT2D eigenvalue weighted by Crippen LogP contribution is 2.26. The van der Waals surface area contributed by atoms with Crippen LogP contribution in [0.15, 0.2) is 22.7 Å². The number of carbonyl (C=O) groups excluding carboxylic acids is 1. The molecule has 1 aromatic heterocycles. The molecule has 0 saturated carbocycles. The Labute approximate surface area is 190 Å². The number of nitrogens with zero attached hydrogens (tertiary/aromatic N) is 3. The first-order chi connectivity index (χ1) is 15.9. The summed E-state index contributed by atoms with van der Waals surface area (Å²) in [4.78, 5) is 17.8. The topological polar surface area (TPSA) is 121 Å². The Balaban J connectivity index is 1.36. The molecule has 0 unspecified atom stereocenters. The smallest absolute Gasteiger partial charge is 0.316 e. The summed E-state index contributed by atoms with van der Waals surface area (Å²) in [5, 5.41) is 24.4. The molecule has 0 radical (unpaired) electrons. The number of halogens is 2. The molecule has 1 aromatic carbocycles. The molecular formula is C22H30F2N4O5. The Kier molecular flexibility index (Phi) is 8.95. The van der Waals surface area contributed by atoms with E-state index in [2.05, 4.69) is 20.0 Å². The summed E-state index contributed by atoms with van der Waals surface area (Å²) in [7, 11) is 0. The Morgan fingerprint density at radius 3 is 2.76 bits per heavy atom. The average molecular weight is 469 g/mol. The van der Waals surface area contributed by atoms with Gasteiger partial charge in [-0.1, -0.05) is 0 Å². The number of hydrogen-bond donors (Lipinski definition) is 3. The molecule has 1 aliphatic heterocycles. The molecule has 1 fully saturated rings. The van der Waals surface area contributed by atoms with Gasteiger partial charge in [-0.2, -0.15) is 13.8 Å². The van der Waals surface area contributed by atoms with Crippen LogP contribution in [0.5, 0.6) is 5.75 Å². The third-order valence-electron chi connectivity index (χ3n) is 5.69. The molecule has 1 saturated heterocycles. The van der Waals surface area contributed by atoms with Crippen molar-refractivity contribution in [3.8, 4) is 5.75 Å². The molecule has 3 N–H and O–H groups in total. The van der Waals surface area contributed by atoms with Gasteiger partial charge in [0.25, 0.3) is 17.7 Å². The number of piperidine rings is 1. The molecule has 182 valence electrons. The van der Waals surface area contributed by atoms with Crippen molar-refractivity contribution < 1.29 is 33.0 Å². The summed E-state index contributed by atoms with van der Waals surface area (Å²) in [6.45, 7) is 3.34. The quantitative estimate of drug-likeness (QED) is 0.430. The average Bonchev–Trinajstić information content (AvgIpc) is 3.31. The lowest BCUT2D eigenvalue weighted by Gasteiger charge is -2.30. The fourth-order valence-corrected chi connectivity index (χ4v) is 3.78. The number of ether oxygens (including phenoxy) is 1. The second-order valence-corrected chi connectivity index (χ2v) is 8.18. The summed E-state index contributed by atoms with van der Waals surface area (Å²) in [5.41, 5.74) is 1.24. The summed E-state index contributed by atoms with van der Waals surface area (Å²) >= 11 is 0. The van der Waals surface area contributed by atoms with E-state index < -0.39 is 25.0 Å². The van der Waals surface area contributed by atoms with E-state index in [1.807, 2.05) is 11.8 Å². The van der Waals surface area contributed by atoms with Crippen molar-refractivity contribution >= 4 is 11.9 Å². The van der Waals surface area contributed by atoms with Gasteiger partial charge in [0, 0.05) is 25.2 Å². The number of aromatic nitrogens is 2. The molecular weight excluding hydrogens is 438 g/mol. The van der Waals surface area contributed by atoms with Gasteiger partial charge in [0.05, 0.1) is 19.3 Å². The van der Waals surface area contributed by atoms with E-state index in [-0.39, 0.29) is 18.4 Å². The third-order valence-corrected chi connectivity index (χ3v) is 5.69. The van der Waals surface area contributed by atoms with Crippen LogP contribution in [0.3, 0.4) is 0 Å². The molecule has 1 aliphatic rings. The fraction of sp³-hybridized carbons (Fsp3) is 0.591. The van der Waals surface area contributed by atoms with Crippen molar-refractivity contribution in [2.45, 2.75) is 45.1 Å². The molecule has 3 rings (SSSR count). The molecule has 0 bridgehead atoms. The maximum Gasteiger partial charge on any atom is 0.316 e. The van der Waals surface area contributed by atoms with Gasteiger partial charge in [-0.05, 0) is 67.4 Å². The summed E-state index contributed by atoms with van der Waals surface area (Å²) in [6.07, 6.45) is -0.0235. The zero-order valence-electron chi connectivity index (χ0n) is 18.5. The lowest BCUT2D eigenvalue weighted by atomic mass is 9.92. The molecule has 2 aromatic rings. The minimum Gasteiger partial charge on any atom is -0.494 e. The predicted molar refractivity (Wildman–Crippen MR) is 116 cm³/mol. The maximum absolute atomic E-state index is 12.6. The van der Waals surface area contributed by atoms with Gasteiger partial charge >= 0.3 is 6.43 Å². The monoisotopic (exact) mass is 468 g/mol. The first-order valence-electron chi connectivity index (χ1n) is 11.0. The maximum atomic E-state index is 12.6.